The molecule has 1 atom stereocenters. The minimum absolute atomic E-state index is 0.0603. The van der Waals surface area contributed by atoms with Gasteiger partial charge in [-0.25, -0.2) is 0 Å². The molecule has 1 aromatic heterocycles. The second-order valence-corrected chi connectivity index (χ2v) is 7.45. The van der Waals surface area contributed by atoms with E-state index in [9.17, 15) is 9.59 Å². The van der Waals surface area contributed by atoms with Gasteiger partial charge in [0.15, 0.2) is 11.5 Å². The monoisotopic (exact) mass is 383 g/mol. The largest absolute Gasteiger partial charge is 0.494 e. The Hall–Kier alpha value is -2.76. The first-order chi connectivity index (χ1) is 13.5. The van der Waals surface area contributed by atoms with Crippen molar-refractivity contribution in [2.24, 2.45) is 0 Å². The summed E-state index contributed by atoms with van der Waals surface area (Å²) in [7, 11) is 0. The molecule has 0 spiro atoms. The fourth-order valence-corrected chi connectivity index (χ4v) is 4.03. The summed E-state index contributed by atoms with van der Waals surface area (Å²) in [5.41, 5.74) is 3.20. The van der Waals surface area contributed by atoms with E-state index >= 15 is 0 Å². The number of rotatable bonds is 5. The van der Waals surface area contributed by atoms with Gasteiger partial charge in [0.2, 0.25) is 0 Å². The SMILES string of the molecule is CCOc1cc2c(cc1CNC(=O)c1oc3c(c1C)C(=O)CCC3)O[C@H](C)C2. The highest BCUT2D eigenvalue weighted by atomic mass is 16.5. The van der Waals surface area contributed by atoms with E-state index < -0.39 is 0 Å². The van der Waals surface area contributed by atoms with E-state index in [1.54, 1.807) is 6.92 Å². The van der Waals surface area contributed by atoms with Crippen molar-refractivity contribution in [2.75, 3.05) is 6.61 Å². The number of aryl methyl sites for hydroxylation is 1. The van der Waals surface area contributed by atoms with Crippen LogP contribution in [0.2, 0.25) is 0 Å². The Morgan fingerprint density at radius 1 is 1.32 bits per heavy atom. The molecule has 0 unspecified atom stereocenters. The fraction of sp³-hybridized carbons (Fsp3) is 0.455. The van der Waals surface area contributed by atoms with Crippen LogP contribution in [0.25, 0.3) is 0 Å². The maximum atomic E-state index is 12.7. The van der Waals surface area contributed by atoms with Gasteiger partial charge in [-0.3, -0.25) is 9.59 Å². The summed E-state index contributed by atoms with van der Waals surface area (Å²) in [5, 5.41) is 2.90. The molecule has 1 aliphatic heterocycles. The first kappa shape index (κ1) is 18.6. The van der Waals surface area contributed by atoms with Gasteiger partial charge in [-0.2, -0.15) is 0 Å². The zero-order valence-corrected chi connectivity index (χ0v) is 16.5. The minimum Gasteiger partial charge on any atom is -0.494 e. The molecule has 4 rings (SSSR count). The molecule has 2 aromatic rings. The predicted molar refractivity (Wildman–Crippen MR) is 103 cm³/mol. The number of carbonyl (C=O) groups is 2. The number of carbonyl (C=O) groups excluding carboxylic acids is 2. The van der Waals surface area contributed by atoms with E-state index in [2.05, 4.69) is 5.32 Å². The first-order valence-electron chi connectivity index (χ1n) is 9.86. The minimum atomic E-state index is -0.322. The van der Waals surface area contributed by atoms with E-state index in [1.807, 2.05) is 26.0 Å². The Kier molecular flexibility index (Phi) is 4.87. The van der Waals surface area contributed by atoms with Gasteiger partial charge in [-0.05, 0) is 39.3 Å². The van der Waals surface area contributed by atoms with Crippen molar-refractivity contribution in [3.63, 3.8) is 0 Å². The molecule has 28 heavy (non-hydrogen) atoms. The highest BCUT2D eigenvalue weighted by Gasteiger charge is 2.29. The lowest BCUT2D eigenvalue weighted by Gasteiger charge is -2.13. The van der Waals surface area contributed by atoms with Gasteiger partial charge < -0.3 is 19.2 Å². The van der Waals surface area contributed by atoms with Crippen LogP contribution < -0.4 is 14.8 Å². The predicted octanol–water partition coefficient (Wildman–Crippen LogP) is 3.76. The Labute approximate surface area is 164 Å². The van der Waals surface area contributed by atoms with E-state index in [4.69, 9.17) is 13.9 Å². The molecule has 0 bridgehead atoms. The van der Waals surface area contributed by atoms with Crippen molar-refractivity contribution in [3.05, 3.63) is 45.9 Å². The lowest BCUT2D eigenvalue weighted by molar-refractivity contribution is 0.0916. The third-order valence-corrected chi connectivity index (χ3v) is 5.33. The van der Waals surface area contributed by atoms with Gasteiger partial charge >= 0.3 is 0 Å². The van der Waals surface area contributed by atoms with Crippen molar-refractivity contribution in [1.82, 2.24) is 5.32 Å². The van der Waals surface area contributed by atoms with Gasteiger partial charge in [0.05, 0.1) is 12.2 Å². The van der Waals surface area contributed by atoms with Crippen molar-refractivity contribution < 1.29 is 23.5 Å². The molecular formula is C22H25NO5. The number of nitrogens with one attached hydrogen (secondary N) is 1. The molecule has 1 aliphatic carbocycles. The maximum absolute atomic E-state index is 12.7. The molecule has 2 aliphatic rings. The van der Waals surface area contributed by atoms with Crippen molar-refractivity contribution in [1.29, 1.82) is 0 Å². The average Bonchev–Trinajstić information content (AvgIpc) is 3.19. The van der Waals surface area contributed by atoms with Crippen LogP contribution in [-0.2, 0) is 19.4 Å². The summed E-state index contributed by atoms with van der Waals surface area (Å²) in [6.45, 7) is 6.57. The molecule has 0 radical (unpaired) electrons. The van der Waals surface area contributed by atoms with Gasteiger partial charge in [0, 0.05) is 42.5 Å². The number of ether oxygens (including phenoxy) is 2. The quantitative estimate of drug-likeness (QED) is 0.851. The molecule has 2 heterocycles. The molecule has 0 fully saturated rings. The van der Waals surface area contributed by atoms with Crippen LogP contribution in [0.15, 0.2) is 16.5 Å². The van der Waals surface area contributed by atoms with Crippen LogP contribution in [0.1, 0.15) is 70.1 Å². The van der Waals surface area contributed by atoms with Crippen LogP contribution in [-0.4, -0.2) is 24.4 Å². The summed E-state index contributed by atoms with van der Waals surface area (Å²) < 4.78 is 17.3. The summed E-state index contributed by atoms with van der Waals surface area (Å²) >= 11 is 0. The first-order valence-corrected chi connectivity index (χ1v) is 9.86. The molecular weight excluding hydrogens is 358 g/mol. The molecule has 0 saturated carbocycles. The van der Waals surface area contributed by atoms with Crippen LogP contribution in [0.5, 0.6) is 11.5 Å². The van der Waals surface area contributed by atoms with Gasteiger partial charge in [0.1, 0.15) is 23.4 Å². The summed E-state index contributed by atoms with van der Waals surface area (Å²) in [6, 6.07) is 3.94. The normalized spacial score (nSPS) is 17.7. The second-order valence-electron chi connectivity index (χ2n) is 7.45. The van der Waals surface area contributed by atoms with Gasteiger partial charge in [-0.1, -0.05) is 0 Å². The molecule has 1 amide bonds. The third kappa shape index (κ3) is 3.28. The standard InChI is InChI=1S/C22H25NO5/c1-4-26-18-9-14-8-12(2)27-19(14)10-15(18)11-23-22(25)21-13(3)20-16(24)6-5-7-17(20)28-21/h9-10,12H,4-8,11H2,1-3H3,(H,23,25)/t12-/m1/s1. The van der Waals surface area contributed by atoms with Crippen molar-refractivity contribution >= 4 is 11.7 Å². The summed E-state index contributed by atoms with van der Waals surface area (Å²) in [5.74, 6) is 2.19. The number of benzene rings is 1. The Balaban J connectivity index is 1.54. The second kappa shape index (κ2) is 7.34. The van der Waals surface area contributed by atoms with E-state index in [-0.39, 0.29) is 30.1 Å². The molecule has 0 saturated heterocycles. The summed E-state index contributed by atoms with van der Waals surface area (Å²) in [4.78, 5) is 24.9. The van der Waals surface area contributed by atoms with Crippen LogP contribution in [0.3, 0.4) is 0 Å². The van der Waals surface area contributed by atoms with E-state index in [1.165, 1.54) is 0 Å². The van der Waals surface area contributed by atoms with Crippen molar-refractivity contribution in [2.45, 2.75) is 59.1 Å². The number of hydrogen-bond acceptors (Lipinski definition) is 5. The smallest absolute Gasteiger partial charge is 0.287 e. The topological polar surface area (TPSA) is 77.8 Å². The number of furan rings is 1. The number of fused-ring (bicyclic) bond motifs is 2. The Bertz CT molecular complexity index is 943. The van der Waals surface area contributed by atoms with Crippen LogP contribution in [0.4, 0.5) is 0 Å². The average molecular weight is 383 g/mol. The maximum Gasteiger partial charge on any atom is 0.287 e. The van der Waals surface area contributed by atoms with Crippen LogP contribution >= 0.6 is 0 Å². The van der Waals surface area contributed by atoms with Gasteiger partial charge in [-0.15, -0.1) is 0 Å². The van der Waals surface area contributed by atoms with Gasteiger partial charge in [0.25, 0.3) is 5.91 Å². The number of Topliss-reactive ketones (excluding diaryl/α,β-unsaturated/α-hetero) is 1. The van der Waals surface area contributed by atoms with E-state index in [0.717, 1.165) is 35.5 Å². The molecule has 6 heteroatoms. The summed E-state index contributed by atoms with van der Waals surface area (Å²) in [6.07, 6.45) is 2.98. The highest BCUT2D eigenvalue weighted by molar-refractivity contribution is 6.03. The van der Waals surface area contributed by atoms with Crippen molar-refractivity contribution in [3.8, 4) is 11.5 Å². The van der Waals surface area contributed by atoms with Crippen LogP contribution in [0, 0.1) is 6.92 Å². The lowest BCUT2D eigenvalue weighted by atomic mass is 9.94. The van der Waals surface area contributed by atoms with E-state index in [0.29, 0.717) is 36.3 Å². The molecule has 6 nitrogen and oxygen atoms in total. The number of amides is 1. The Morgan fingerprint density at radius 2 is 2.14 bits per heavy atom. The zero-order valence-electron chi connectivity index (χ0n) is 16.5. The number of ketones is 1. The molecule has 1 N–H and O–H groups in total. The lowest BCUT2D eigenvalue weighted by Crippen LogP contribution is -2.23. The fourth-order valence-electron chi connectivity index (χ4n) is 4.03. The highest BCUT2D eigenvalue weighted by Crippen LogP contribution is 2.35. The molecule has 148 valence electrons. The molecule has 1 aromatic carbocycles. The third-order valence-electron chi connectivity index (χ3n) is 5.33. The zero-order chi connectivity index (χ0) is 19.8. The number of hydrogen-bond donors (Lipinski definition) is 1. The Morgan fingerprint density at radius 3 is 2.89 bits per heavy atom.